The third kappa shape index (κ3) is 4.82. The minimum atomic E-state index is -2.90. The van der Waals surface area contributed by atoms with Crippen LogP contribution in [0.1, 0.15) is 28.9 Å². The number of amides is 1. The van der Waals surface area contributed by atoms with Crippen LogP contribution in [0.3, 0.4) is 0 Å². The molecule has 25 heavy (non-hydrogen) atoms. The third-order valence-electron chi connectivity index (χ3n) is 3.60. The quantitative estimate of drug-likeness (QED) is 0.824. The molecule has 0 spiro atoms. The number of halogens is 2. The number of alkyl halides is 2. The Morgan fingerprint density at radius 1 is 1.00 bits per heavy atom. The van der Waals surface area contributed by atoms with E-state index < -0.39 is 6.61 Å². The van der Waals surface area contributed by atoms with E-state index in [9.17, 15) is 13.6 Å². The van der Waals surface area contributed by atoms with Gasteiger partial charge < -0.3 is 19.5 Å². The molecule has 2 aromatic rings. The van der Waals surface area contributed by atoms with Gasteiger partial charge in [0.05, 0.1) is 20.3 Å². The Morgan fingerprint density at radius 2 is 1.64 bits per heavy atom. The fraction of sp³-hybridized carbons (Fsp3) is 0.278. The third-order valence-corrected chi connectivity index (χ3v) is 3.60. The Hall–Kier alpha value is -2.83. The van der Waals surface area contributed by atoms with Gasteiger partial charge in [0.25, 0.3) is 5.91 Å². The van der Waals surface area contributed by atoms with Crippen LogP contribution in [0, 0.1) is 0 Å². The number of carbonyl (C=O) groups excluding carboxylic acids is 1. The van der Waals surface area contributed by atoms with Crippen molar-refractivity contribution < 1.29 is 27.8 Å². The number of carbonyl (C=O) groups is 1. The van der Waals surface area contributed by atoms with Crippen LogP contribution >= 0.6 is 0 Å². The molecule has 0 fully saturated rings. The summed E-state index contributed by atoms with van der Waals surface area (Å²) in [6, 6.07) is 10.5. The standard InChI is InChI=1S/C18H19F2NO4/c1-11(15-9-8-14(23-2)10-16(15)24-3)21-17(22)12-4-6-13(7-5-12)25-18(19)20/h4-11,18H,1-3H3,(H,21,22). The predicted molar refractivity (Wildman–Crippen MR) is 88.5 cm³/mol. The summed E-state index contributed by atoms with van der Waals surface area (Å²) in [5.41, 5.74) is 1.12. The second-order valence-electron chi connectivity index (χ2n) is 5.21. The number of rotatable bonds is 7. The topological polar surface area (TPSA) is 56.8 Å². The molecule has 0 aliphatic rings. The van der Waals surface area contributed by atoms with Crippen LogP contribution in [-0.2, 0) is 0 Å². The van der Waals surface area contributed by atoms with Crippen LogP contribution in [0.5, 0.6) is 17.2 Å². The van der Waals surface area contributed by atoms with E-state index in [0.29, 0.717) is 17.1 Å². The second kappa shape index (κ2) is 8.32. The van der Waals surface area contributed by atoms with Crippen LogP contribution in [0.2, 0.25) is 0 Å². The number of ether oxygens (including phenoxy) is 3. The molecule has 7 heteroatoms. The van der Waals surface area contributed by atoms with E-state index in [1.807, 2.05) is 13.0 Å². The summed E-state index contributed by atoms with van der Waals surface area (Å²) in [6.07, 6.45) is 0. The number of methoxy groups -OCH3 is 2. The van der Waals surface area contributed by atoms with Gasteiger partial charge in [-0.05, 0) is 43.3 Å². The highest BCUT2D eigenvalue weighted by molar-refractivity contribution is 5.94. The van der Waals surface area contributed by atoms with E-state index in [1.165, 1.54) is 31.4 Å². The van der Waals surface area contributed by atoms with Crippen molar-refractivity contribution in [2.75, 3.05) is 14.2 Å². The first-order valence-corrected chi connectivity index (χ1v) is 7.52. The van der Waals surface area contributed by atoms with E-state index in [2.05, 4.69) is 10.1 Å². The van der Waals surface area contributed by atoms with Crippen molar-refractivity contribution in [3.05, 3.63) is 53.6 Å². The van der Waals surface area contributed by atoms with Crippen molar-refractivity contribution in [1.29, 1.82) is 0 Å². The number of benzene rings is 2. The lowest BCUT2D eigenvalue weighted by Gasteiger charge is -2.18. The highest BCUT2D eigenvalue weighted by Gasteiger charge is 2.16. The van der Waals surface area contributed by atoms with Crippen LogP contribution in [-0.4, -0.2) is 26.7 Å². The predicted octanol–water partition coefficient (Wildman–Crippen LogP) is 3.80. The van der Waals surface area contributed by atoms with Crippen LogP contribution < -0.4 is 19.5 Å². The summed E-state index contributed by atoms with van der Waals surface area (Å²) in [5, 5.41) is 2.84. The van der Waals surface area contributed by atoms with Crippen LogP contribution in [0.25, 0.3) is 0 Å². The van der Waals surface area contributed by atoms with Gasteiger partial charge in [-0.15, -0.1) is 0 Å². The molecule has 1 amide bonds. The average Bonchev–Trinajstić information content (AvgIpc) is 2.61. The highest BCUT2D eigenvalue weighted by Crippen LogP contribution is 2.29. The van der Waals surface area contributed by atoms with Gasteiger partial charge >= 0.3 is 6.61 Å². The minimum absolute atomic E-state index is 0.00331. The monoisotopic (exact) mass is 351 g/mol. The van der Waals surface area contributed by atoms with Crippen molar-refractivity contribution in [1.82, 2.24) is 5.32 Å². The number of nitrogens with one attached hydrogen (secondary N) is 1. The molecule has 0 saturated carbocycles. The van der Waals surface area contributed by atoms with Gasteiger partial charge in [0, 0.05) is 17.2 Å². The fourth-order valence-corrected chi connectivity index (χ4v) is 2.32. The molecule has 0 radical (unpaired) electrons. The largest absolute Gasteiger partial charge is 0.497 e. The van der Waals surface area contributed by atoms with E-state index in [0.717, 1.165) is 5.56 Å². The van der Waals surface area contributed by atoms with E-state index >= 15 is 0 Å². The SMILES string of the molecule is COc1ccc(C(C)NC(=O)c2ccc(OC(F)F)cc2)c(OC)c1. The maximum Gasteiger partial charge on any atom is 0.387 e. The zero-order valence-corrected chi connectivity index (χ0v) is 14.1. The maximum absolute atomic E-state index is 12.3. The Morgan fingerprint density at radius 3 is 2.20 bits per heavy atom. The van der Waals surface area contributed by atoms with E-state index in [-0.39, 0.29) is 17.7 Å². The lowest BCUT2D eigenvalue weighted by molar-refractivity contribution is -0.0498. The molecule has 2 rings (SSSR count). The zero-order valence-electron chi connectivity index (χ0n) is 14.1. The van der Waals surface area contributed by atoms with Gasteiger partial charge in [0.1, 0.15) is 17.2 Å². The minimum Gasteiger partial charge on any atom is -0.497 e. The van der Waals surface area contributed by atoms with Crippen molar-refractivity contribution in [3.63, 3.8) is 0 Å². The van der Waals surface area contributed by atoms with Gasteiger partial charge in [-0.3, -0.25) is 4.79 Å². The summed E-state index contributed by atoms with van der Waals surface area (Å²) >= 11 is 0. The first-order chi connectivity index (χ1) is 11.9. The van der Waals surface area contributed by atoms with Gasteiger partial charge in [-0.25, -0.2) is 0 Å². The lowest BCUT2D eigenvalue weighted by Crippen LogP contribution is -2.26. The van der Waals surface area contributed by atoms with Crippen molar-refractivity contribution in [2.24, 2.45) is 0 Å². The van der Waals surface area contributed by atoms with E-state index in [4.69, 9.17) is 9.47 Å². The van der Waals surface area contributed by atoms with Crippen LogP contribution in [0.4, 0.5) is 8.78 Å². The summed E-state index contributed by atoms with van der Waals surface area (Å²) < 4.78 is 39.0. The summed E-state index contributed by atoms with van der Waals surface area (Å²) in [5.74, 6) is 0.895. The fourth-order valence-electron chi connectivity index (χ4n) is 2.32. The van der Waals surface area contributed by atoms with Gasteiger partial charge in [0.15, 0.2) is 0 Å². The molecule has 134 valence electrons. The summed E-state index contributed by atoms with van der Waals surface area (Å²) in [7, 11) is 3.09. The molecule has 1 N–H and O–H groups in total. The average molecular weight is 351 g/mol. The highest BCUT2D eigenvalue weighted by atomic mass is 19.3. The smallest absolute Gasteiger partial charge is 0.387 e. The molecule has 0 saturated heterocycles. The molecule has 5 nitrogen and oxygen atoms in total. The molecule has 0 aliphatic heterocycles. The Bertz CT molecular complexity index is 720. The number of hydrogen-bond donors (Lipinski definition) is 1. The molecule has 0 heterocycles. The molecular formula is C18H19F2NO4. The molecule has 0 aromatic heterocycles. The van der Waals surface area contributed by atoms with E-state index in [1.54, 1.807) is 19.2 Å². The second-order valence-corrected chi connectivity index (χ2v) is 5.21. The van der Waals surface area contributed by atoms with Gasteiger partial charge in [-0.2, -0.15) is 8.78 Å². The normalized spacial score (nSPS) is 11.8. The van der Waals surface area contributed by atoms with Gasteiger partial charge in [0.2, 0.25) is 0 Å². The Labute approximate surface area is 144 Å². The first-order valence-electron chi connectivity index (χ1n) is 7.52. The van der Waals surface area contributed by atoms with Crippen molar-refractivity contribution >= 4 is 5.91 Å². The molecule has 1 unspecified atom stereocenters. The summed E-state index contributed by atoms with van der Waals surface area (Å²) in [4.78, 5) is 12.3. The molecular weight excluding hydrogens is 332 g/mol. The lowest BCUT2D eigenvalue weighted by atomic mass is 10.1. The van der Waals surface area contributed by atoms with Crippen LogP contribution in [0.15, 0.2) is 42.5 Å². The van der Waals surface area contributed by atoms with Gasteiger partial charge in [-0.1, -0.05) is 0 Å². The molecule has 0 bridgehead atoms. The molecule has 2 aromatic carbocycles. The maximum atomic E-state index is 12.3. The molecule has 1 atom stereocenters. The Balaban J connectivity index is 2.09. The Kier molecular flexibility index (Phi) is 6.16. The number of hydrogen-bond acceptors (Lipinski definition) is 4. The molecule has 0 aliphatic carbocycles. The van der Waals surface area contributed by atoms with Crippen molar-refractivity contribution in [3.8, 4) is 17.2 Å². The van der Waals surface area contributed by atoms with Crippen molar-refractivity contribution in [2.45, 2.75) is 19.6 Å². The summed E-state index contributed by atoms with van der Waals surface area (Å²) in [6.45, 7) is -1.08. The first kappa shape index (κ1) is 18.5. The zero-order chi connectivity index (χ0) is 18.4.